The quantitative estimate of drug-likeness (QED) is 0.425. The van der Waals surface area contributed by atoms with Crippen LogP contribution in [0.1, 0.15) is 10.8 Å². The largest absolute Gasteiger partial charge is 0.420 e. The van der Waals surface area contributed by atoms with E-state index in [9.17, 15) is 0 Å². The minimum Gasteiger partial charge on any atom is -0.420 e. The predicted octanol–water partition coefficient (Wildman–Crippen LogP) is 3.89. The fourth-order valence-corrected chi connectivity index (χ4v) is 3.76. The highest BCUT2D eigenvalue weighted by Gasteiger charge is 2.12. The van der Waals surface area contributed by atoms with Crippen LogP contribution in [0.4, 0.5) is 0 Å². The van der Waals surface area contributed by atoms with Gasteiger partial charge in [-0.25, -0.2) is 4.68 Å². The molecule has 10 heteroatoms. The number of halogens is 1. The van der Waals surface area contributed by atoms with Crippen molar-refractivity contribution < 1.29 is 4.42 Å². The van der Waals surface area contributed by atoms with Crippen LogP contribution in [0.2, 0.25) is 0 Å². The van der Waals surface area contributed by atoms with Gasteiger partial charge in [0.25, 0.3) is 0 Å². The fourth-order valence-electron chi connectivity index (χ4n) is 2.10. The van der Waals surface area contributed by atoms with Gasteiger partial charge in [0, 0.05) is 14.9 Å². The second-order valence-electron chi connectivity index (χ2n) is 4.99. The molecule has 1 aromatic carbocycles. The molecule has 25 heavy (non-hydrogen) atoms. The SMILES string of the molecule is Brc1ccc(-c2nnc(CSc3nnnn3Cc3cccs3)o2)cc1. The summed E-state index contributed by atoms with van der Waals surface area (Å²) in [7, 11) is 0. The Morgan fingerprint density at radius 2 is 2.00 bits per heavy atom. The van der Waals surface area contributed by atoms with Crippen molar-refractivity contribution in [3.05, 3.63) is 57.0 Å². The first-order valence-electron chi connectivity index (χ1n) is 7.27. The first-order valence-corrected chi connectivity index (χ1v) is 9.93. The average molecular weight is 435 g/mol. The molecule has 0 aliphatic carbocycles. The van der Waals surface area contributed by atoms with Gasteiger partial charge in [-0.3, -0.25) is 0 Å². The maximum absolute atomic E-state index is 5.72. The van der Waals surface area contributed by atoms with E-state index in [4.69, 9.17) is 4.42 Å². The molecule has 0 amide bonds. The van der Waals surface area contributed by atoms with Crippen molar-refractivity contribution in [3.63, 3.8) is 0 Å². The second-order valence-corrected chi connectivity index (χ2v) is 7.89. The Morgan fingerprint density at radius 3 is 2.80 bits per heavy atom. The lowest BCUT2D eigenvalue weighted by atomic mass is 10.2. The first-order chi connectivity index (χ1) is 12.3. The molecule has 4 aromatic rings. The molecule has 0 saturated carbocycles. The summed E-state index contributed by atoms with van der Waals surface area (Å²) < 4.78 is 8.49. The monoisotopic (exact) mass is 434 g/mol. The molecule has 0 saturated heterocycles. The summed E-state index contributed by atoms with van der Waals surface area (Å²) in [6, 6.07) is 11.8. The molecule has 0 N–H and O–H groups in total. The molecule has 0 aliphatic rings. The molecule has 3 heterocycles. The number of rotatable bonds is 6. The first kappa shape index (κ1) is 16.4. The number of thiophene rings is 1. The molecule has 0 fully saturated rings. The van der Waals surface area contributed by atoms with E-state index in [1.165, 1.54) is 16.6 Å². The van der Waals surface area contributed by atoms with Crippen molar-refractivity contribution >= 4 is 39.0 Å². The van der Waals surface area contributed by atoms with Gasteiger partial charge in [-0.2, -0.15) is 0 Å². The predicted molar refractivity (Wildman–Crippen MR) is 98.2 cm³/mol. The Balaban J connectivity index is 1.42. The molecule has 0 atom stereocenters. The van der Waals surface area contributed by atoms with Gasteiger partial charge in [-0.05, 0) is 46.1 Å². The van der Waals surface area contributed by atoms with Crippen LogP contribution in [0.25, 0.3) is 11.5 Å². The summed E-state index contributed by atoms with van der Waals surface area (Å²) in [4.78, 5) is 1.20. The smallest absolute Gasteiger partial charge is 0.247 e. The van der Waals surface area contributed by atoms with Crippen molar-refractivity contribution in [3.8, 4) is 11.5 Å². The van der Waals surface area contributed by atoms with E-state index in [2.05, 4.69) is 47.7 Å². The normalized spacial score (nSPS) is 11.1. The van der Waals surface area contributed by atoms with Crippen LogP contribution in [0.15, 0.2) is 55.8 Å². The van der Waals surface area contributed by atoms with Gasteiger partial charge in [-0.15, -0.1) is 26.6 Å². The van der Waals surface area contributed by atoms with Crippen molar-refractivity contribution in [2.24, 2.45) is 0 Å². The van der Waals surface area contributed by atoms with Gasteiger partial charge in [0.15, 0.2) is 0 Å². The van der Waals surface area contributed by atoms with Crippen molar-refractivity contribution in [2.75, 3.05) is 0 Å². The van der Waals surface area contributed by atoms with E-state index in [1.54, 1.807) is 16.0 Å². The highest BCUT2D eigenvalue weighted by atomic mass is 79.9. The lowest BCUT2D eigenvalue weighted by Gasteiger charge is -2.01. The summed E-state index contributed by atoms with van der Waals surface area (Å²) in [5.74, 6) is 1.55. The molecule has 4 rings (SSSR count). The number of hydrogen-bond acceptors (Lipinski definition) is 8. The number of aromatic nitrogens is 6. The maximum Gasteiger partial charge on any atom is 0.247 e. The fraction of sp³-hybridized carbons (Fsp3) is 0.133. The van der Waals surface area contributed by atoms with E-state index >= 15 is 0 Å². The Kier molecular flexibility index (Phi) is 4.90. The number of benzene rings is 1. The summed E-state index contributed by atoms with van der Waals surface area (Å²) in [5, 5.41) is 22.8. The maximum atomic E-state index is 5.72. The molecule has 7 nitrogen and oxygen atoms in total. The van der Waals surface area contributed by atoms with Crippen LogP contribution in [0.3, 0.4) is 0 Å². The van der Waals surface area contributed by atoms with Gasteiger partial charge in [0.1, 0.15) is 0 Å². The molecule has 0 aliphatic heterocycles. The van der Waals surface area contributed by atoms with Gasteiger partial charge >= 0.3 is 0 Å². The van der Waals surface area contributed by atoms with Gasteiger partial charge < -0.3 is 4.42 Å². The lowest BCUT2D eigenvalue weighted by molar-refractivity contribution is 0.527. The number of nitrogens with zero attached hydrogens (tertiary/aromatic N) is 6. The summed E-state index contributed by atoms with van der Waals surface area (Å²) >= 11 is 6.55. The zero-order valence-corrected chi connectivity index (χ0v) is 16.0. The number of tetrazole rings is 1. The van der Waals surface area contributed by atoms with E-state index < -0.39 is 0 Å². The summed E-state index contributed by atoms with van der Waals surface area (Å²) in [5.41, 5.74) is 0.884. The highest BCUT2D eigenvalue weighted by molar-refractivity contribution is 9.10. The zero-order chi connectivity index (χ0) is 17.1. The summed E-state index contributed by atoms with van der Waals surface area (Å²) in [6.07, 6.45) is 0. The molecular weight excluding hydrogens is 424 g/mol. The molecule has 126 valence electrons. The van der Waals surface area contributed by atoms with E-state index in [0.717, 1.165) is 15.2 Å². The third-order valence-corrected chi connectivity index (χ3v) is 5.60. The van der Waals surface area contributed by atoms with E-state index in [0.29, 0.717) is 24.1 Å². The van der Waals surface area contributed by atoms with Crippen LogP contribution < -0.4 is 0 Å². The van der Waals surface area contributed by atoms with Crippen LogP contribution in [0, 0.1) is 0 Å². The Bertz CT molecular complexity index is 951. The Morgan fingerprint density at radius 1 is 1.12 bits per heavy atom. The third kappa shape index (κ3) is 3.97. The molecule has 0 radical (unpaired) electrons. The van der Waals surface area contributed by atoms with Crippen LogP contribution in [-0.2, 0) is 12.3 Å². The van der Waals surface area contributed by atoms with Gasteiger partial charge in [0.2, 0.25) is 16.9 Å². The average Bonchev–Trinajstić information content (AvgIpc) is 3.36. The molecule has 0 bridgehead atoms. The lowest BCUT2D eigenvalue weighted by Crippen LogP contribution is -2.02. The molecule has 0 unspecified atom stereocenters. The zero-order valence-electron chi connectivity index (χ0n) is 12.7. The highest BCUT2D eigenvalue weighted by Crippen LogP contribution is 2.24. The molecule has 3 aromatic heterocycles. The number of thioether (sulfide) groups is 1. The van der Waals surface area contributed by atoms with E-state index in [1.807, 2.05) is 35.7 Å². The van der Waals surface area contributed by atoms with Crippen molar-refractivity contribution in [1.29, 1.82) is 0 Å². The minimum absolute atomic E-state index is 0.501. The minimum atomic E-state index is 0.501. The van der Waals surface area contributed by atoms with Gasteiger partial charge in [-0.1, -0.05) is 33.8 Å². The Hall–Kier alpha value is -2.04. The third-order valence-electron chi connectivity index (χ3n) is 3.27. The van der Waals surface area contributed by atoms with Gasteiger partial charge in [0.05, 0.1) is 12.3 Å². The standard InChI is InChI=1S/C15H11BrN6OS2/c16-11-5-3-10(4-6-11)14-18-17-13(23-14)9-25-15-19-20-21-22(15)8-12-2-1-7-24-12/h1-7H,8-9H2. The summed E-state index contributed by atoms with van der Waals surface area (Å²) in [6.45, 7) is 0.654. The topological polar surface area (TPSA) is 82.5 Å². The Labute approximate surface area is 159 Å². The van der Waals surface area contributed by atoms with E-state index in [-0.39, 0.29) is 0 Å². The molecule has 0 spiro atoms. The molecular formula is C15H11BrN6OS2. The van der Waals surface area contributed by atoms with Crippen LogP contribution in [-0.4, -0.2) is 30.4 Å². The van der Waals surface area contributed by atoms with Crippen molar-refractivity contribution in [1.82, 2.24) is 30.4 Å². The van der Waals surface area contributed by atoms with Crippen LogP contribution >= 0.6 is 39.0 Å². The van der Waals surface area contributed by atoms with Crippen LogP contribution in [0.5, 0.6) is 0 Å². The van der Waals surface area contributed by atoms with Crippen molar-refractivity contribution in [2.45, 2.75) is 17.5 Å². The second kappa shape index (κ2) is 7.46. The number of hydrogen-bond donors (Lipinski definition) is 0.